The van der Waals surface area contributed by atoms with E-state index in [0.29, 0.717) is 29.1 Å². The van der Waals surface area contributed by atoms with Crippen molar-refractivity contribution in [3.8, 4) is 5.75 Å². The second-order valence-corrected chi connectivity index (χ2v) is 8.34. The molecule has 0 saturated heterocycles. The fraction of sp³-hybridized carbons (Fsp3) is 0.185. The Labute approximate surface area is 202 Å². The molecule has 0 unspecified atom stereocenters. The number of carbonyl (C=O) groups excluding carboxylic acids is 4. The van der Waals surface area contributed by atoms with Gasteiger partial charge < -0.3 is 15.0 Å². The van der Waals surface area contributed by atoms with Crippen LogP contribution in [0.3, 0.4) is 0 Å². The van der Waals surface area contributed by atoms with E-state index in [4.69, 9.17) is 4.74 Å². The molecule has 2 aliphatic rings. The number of carbonyl (C=O) groups is 4. The standard InChI is InChI=1S/C27H23N3O5/c31-24(14-15-29-26(33)19-10-4-5-11-20(19)27(29)34)30-17-23(35-22-13-7-6-12-21(22)30)25(32)28-16-18-8-2-1-3-9-18/h1-13,23H,14-17H2,(H,28,32)/t23-/m0/s1. The minimum atomic E-state index is -0.892. The van der Waals surface area contributed by atoms with Crippen LogP contribution in [0.1, 0.15) is 32.7 Å². The topological polar surface area (TPSA) is 96.0 Å². The Morgan fingerprint density at radius 3 is 2.20 bits per heavy atom. The van der Waals surface area contributed by atoms with Crippen LogP contribution in [-0.4, -0.2) is 47.7 Å². The van der Waals surface area contributed by atoms with Gasteiger partial charge in [-0.05, 0) is 29.8 Å². The zero-order valence-corrected chi connectivity index (χ0v) is 18.8. The van der Waals surface area contributed by atoms with Gasteiger partial charge in [0.1, 0.15) is 5.75 Å². The highest BCUT2D eigenvalue weighted by molar-refractivity contribution is 6.21. The first-order chi connectivity index (χ1) is 17.0. The van der Waals surface area contributed by atoms with Gasteiger partial charge in [0.25, 0.3) is 17.7 Å². The van der Waals surface area contributed by atoms with Crippen LogP contribution in [0.25, 0.3) is 0 Å². The molecule has 8 nitrogen and oxygen atoms in total. The quantitative estimate of drug-likeness (QED) is 0.560. The van der Waals surface area contributed by atoms with Gasteiger partial charge in [0.15, 0.2) is 6.10 Å². The summed E-state index contributed by atoms with van der Waals surface area (Å²) in [6, 6.07) is 23.1. The minimum absolute atomic E-state index is 0.0264. The van der Waals surface area contributed by atoms with Gasteiger partial charge in [0.2, 0.25) is 5.91 Å². The van der Waals surface area contributed by atoms with Gasteiger partial charge in [-0.1, -0.05) is 54.6 Å². The molecule has 0 aromatic heterocycles. The molecule has 4 amide bonds. The molecule has 0 fully saturated rings. The number of hydrogen-bond acceptors (Lipinski definition) is 5. The molecule has 1 atom stereocenters. The van der Waals surface area contributed by atoms with Gasteiger partial charge in [0, 0.05) is 19.5 Å². The minimum Gasteiger partial charge on any atom is -0.477 e. The SMILES string of the molecule is O=C(NCc1ccccc1)[C@@H]1CN(C(=O)CCN2C(=O)c3ccccc3C2=O)c2ccccc2O1. The summed E-state index contributed by atoms with van der Waals surface area (Å²) in [7, 11) is 0. The highest BCUT2D eigenvalue weighted by atomic mass is 16.5. The molecule has 0 bridgehead atoms. The highest BCUT2D eigenvalue weighted by Crippen LogP contribution is 2.34. The second-order valence-electron chi connectivity index (χ2n) is 8.34. The molecule has 3 aromatic carbocycles. The van der Waals surface area contributed by atoms with Crippen molar-refractivity contribution < 1.29 is 23.9 Å². The molecule has 3 aromatic rings. The van der Waals surface area contributed by atoms with Crippen molar-refractivity contribution in [3.63, 3.8) is 0 Å². The van der Waals surface area contributed by atoms with Crippen LogP contribution < -0.4 is 15.0 Å². The van der Waals surface area contributed by atoms with E-state index in [9.17, 15) is 19.2 Å². The summed E-state index contributed by atoms with van der Waals surface area (Å²) in [6.45, 7) is 0.322. The second kappa shape index (κ2) is 9.42. The number of imide groups is 1. The first kappa shape index (κ1) is 22.3. The summed E-state index contributed by atoms with van der Waals surface area (Å²) >= 11 is 0. The van der Waals surface area contributed by atoms with Crippen molar-refractivity contribution in [2.45, 2.75) is 19.1 Å². The number of anilines is 1. The van der Waals surface area contributed by atoms with Crippen molar-refractivity contribution in [1.82, 2.24) is 10.2 Å². The van der Waals surface area contributed by atoms with Crippen LogP contribution in [0.15, 0.2) is 78.9 Å². The van der Waals surface area contributed by atoms with E-state index >= 15 is 0 Å². The predicted molar refractivity (Wildman–Crippen MR) is 128 cm³/mol. The number of rotatable bonds is 6. The average Bonchev–Trinajstić information content (AvgIpc) is 3.15. The largest absolute Gasteiger partial charge is 0.477 e. The van der Waals surface area contributed by atoms with Crippen LogP contribution in [0.4, 0.5) is 5.69 Å². The fourth-order valence-electron chi connectivity index (χ4n) is 4.29. The molecule has 1 N–H and O–H groups in total. The Morgan fingerprint density at radius 2 is 1.49 bits per heavy atom. The van der Waals surface area contributed by atoms with Gasteiger partial charge >= 0.3 is 0 Å². The normalized spacial score (nSPS) is 16.4. The highest BCUT2D eigenvalue weighted by Gasteiger charge is 2.37. The van der Waals surface area contributed by atoms with Crippen molar-refractivity contribution in [2.75, 3.05) is 18.0 Å². The first-order valence-corrected chi connectivity index (χ1v) is 11.4. The zero-order valence-electron chi connectivity index (χ0n) is 18.8. The number of ether oxygens (including phenoxy) is 1. The van der Waals surface area contributed by atoms with Crippen LogP contribution in [0.2, 0.25) is 0 Å². The number of para-hydroxylation sites is 2. The van der Waals surface area contributed by atoms with Crippen LogP contribution >= 0.6 is 0 Å². The van der Waals surface area contributed by atoms with Crippen LogP contribution in [0.5, 0.6) is 5.75 Å². The van der Waals surface area contributed by atoms with Gasteiger partial charge in [-0.3, -0.25) is 24.1 Å². The van der Waals surface area contributed by atoms with E-state index in [-0.39, 0.29) is 31.3 Å². The maximum absolute atomic E-state index is 13.2. The Kier molecular flexibility index (Phi) is 6.01. The van der Waals surface area contributed by atoms with Gasteiger partial charge in [-0.25, -0.2) is 0 Å². The Morgan fingerprint density at radius 1 is 0.857 bits per heavy atom. The number of nitrogens with zero attached hydrogens (tertiary/aromatic N) is 2. The van der Waals surface area contributed by atoms with Gasteiger partial charge in [-0.15, -0.1) is 0 Å². The number of hydrogen-bond donors (Lipinski definition) is 1. The van der Waals surface area contributed by atoms with E-state index < -0.39 is 17.9 Å². The fourth-order valence-corrected chi connectivity index (χ4v) is 4.29. The Balaban J connectivity index is 1.27. The zero-order chi connectivity index (χ0) is 24.4. The van der Waals surface area contributed by atoms with Crippen molar-refractivity contribution in [1.29, 1.82) is 0 Å². The third-order valence-electron chi connectivity index (χ3n) is 6.10. The lowest BCUT2D eigenvalue weighted by Gasteiger charge is -2.34. The van der Waals surface area contributed by atoms with E-state index in [2.05, 4.69) is 5.32 Å². The summed E-state index contributed by atoms with van der Waals surface area (Å²) in [5.74, 6) is -1.02. The molecule has 176 valence electrons. The molecular weight excluding hydrogens is 446 g/mol. The van der Waals surface area contributed by atoms with Crippen LogP contribution in [0, 0.1) is 0 Å². The number of fused-ring (bicyclic) bond motifs is 2. The Bertz CT molecular complexity index is 1270. The maximum Gasteiger partial charge on any atom is 0.263 e. The average molecular weight is 469 g/mol. The van der Waals surface area contributed by atoms with Crippen molar-refractivity contribution >= 4 is 29.3 Å². The lowest BCUT2D eigenvalue weighted by Crippen LogP contribution is -2.51. The molecule has 0 saturated carbocycles. The predicted octanol–water partition coefficient (Wildman–Crippen LogP) is 2.78. The van der Waals surface area contributed by atoms with E-state index in [1.54, 1.807) is 48.5 Å². The molecule has 5 rings (SSSR count). The lowest BCUT2D eigenvalue weighted by atomic mass is 10.1. The maximum atomic E-state index is 13.2. The number of amides is 4. The summed E-state index contributed by atoms with van der Waals surface area (Å²) in [4.78, 5) is 53.9. The van der Waals surface area contributed by atoms with E-state index in [1.807, 2.05) is 30.3 Å². The summed E-state index contributed by atoms with van der Waals surface area (Å²) in [5, 5.41) is 2.86. The van der Waals surface area contributed by atoms with Crippen LogP contribution in [-0.2, 0) is 16.1 Å². The molecule has 2 aliphatic heterocycles. The third-order valence-corrected chi connectivity index (χ3v) is 6.10. The molecule has 0 aliphatic carbocycles. The van der Waals surface area contributed by atoms with E-state index in [0.717, 1.165) is 10.5 Å². The number of nitrogens with one attached hydrogen (secondary N) is 1. The molecule has 0 radical (unpaired) electrons. The molecule has 2 heterocycles. The molecule has 0 spiro atoms. The monoisotopic (exact) mass is 469 g/mol. The molecular formula is C27H23N3O5. The van der Waals surface area contributed by atoms with Crippen molar-refractivity contribution in [2.24, 2.45) is 0 Å². The summed E-state index contributed by atoms with van der Waals surface area (Å²) < 4.78 is 5.89. The molecule has 8 heteroatoms. The van der Waals surface area contributed by atoms with Gasteiger partial charge in [-0.2, -0.15) is 0 Å². The first-order valence-electron chi connectivity index (χ1n) is 11.4. The smallest absolute Gasteiger partial charge is 0.263 e. The number of benzene rings is 3. The molecule has 35 heavy (non-hydrogen) atoms. The summed E-state index contributed by atoms with van der Waals surface area (Å²) in [6.07, 6.45) is -0.963. The van der Waals surface area contributed by atoms with Crippen molar-refractivity contribution in [3.05, 3.63) is 95.6 Å². The summed E-state index contributed by atoms with van der Waals surface area (Å²) in [5.41, 5.74) is 2.19. The van der Waals surface area contributed by atoms with E-state index in [1.165, 1.54) is 4.90 Å². The lowest BCUT2D eigenvalue weighted by molar-refractivity contribution is -0.128. The third kappa shape index (κ3) is 4.38. The Hall–Kier alpha value is -4.46. The van der Waals surface area contributed by atoms with Gasteiger partial charge in [0.05, 0.1) is 23.4 Å².